The van der Waals surface area contributed by atoms with Crippen LogP contribution in [0.1, 0.15) is 22.0 Å². The van der Waals surface area contributed by atoms with Crippen LogP contribution in [-0.4, -0.2) is 28.9 Å². The number of likely N-dealkylation sites (tertiary alicyclic amines) is 1. The summed E-state index contributed by atoms with van der Waals surface area (Å²) in [7, 11) is 0. The number of carbonyl (C=O) groups excluding carboxylic acids is 3. The van der Waals surface area contributed by atoms with Crippen molar-refractivity contribution >= 4 is 17.5 Å². The Bertz CT molecular complexity index is 830. The van der Waals surface area contributed by atoms with E-state index in [2.05, 4.69) is 6.58 Å². The standard InChI is InChI=1S/C20H16FNO3/c1-2-12-22-17(13-8-10-15(21)11-9-13)16(19(24)20(22)25)18(23)14-6-4-3-5-7-14/h2-11,16-17H,1,12H2. The monoisotopic (exact) mass is 337 g/mol. The van der Waals surface area contributed by atoms with E-state index in [-0.39, 0.29) is 6.54 Å². The van der Waals surface area contributed by atoms with Gasteiger partial charge in [-0.05, 0) is 17.7 Å². The van der Waals surface area contributed by atoms with Crippen molar-refractivity contribution in [3.05, 3.63) is 84.2 Å². The van der Waals surface area contributed by atoms with Crippen molar-refractivity contribution in [2.45, 2.75) is 6.04 Å². The Hall–Kier alpha value is -3.08. The molecule has 0 saturated carbocycles. The maximum atomic E-state index is 13.3. The second-order valence-electron chi connectivity index (χ2n) is 5.81. The van der Waals surface area contributed by atoms with E-state index in [1.165, 1.54) is 35.2 Å². The van der Waals surface area contributed by atoms with Crippen LogP contribution >= 0.6 is 0 Å². The van der Waals surface area contributed by atoms with Gasteiger partial charge in [0.05, 0.1) is 6.04 Å². The fourth-order valence-corrected chi connectivity index (χ4v) is 3.14. The summed E-state index contributed by atoms with van der Waals surface area (Å²) < 4.78 is 13.3. The Labute approximate surface area is 144 Å². The molecule has 2 aromatic carbocycles. The van der Waals surface area contributed by atoms with Gasteiger partial charge in [-0.15, -0.1) is 6.58 Å². The van der Waals surface area contributed by atoms with Crippen LogP contribution in [0.5, 0.6) is 0 Å². The molecule has 25 heavy (non-hydrogen) atoms. The molecule has 1 heterocycles. The van der Waals surface area contributed by atoms with Gasteiger partial charge in [0.2, 0.25) is 5.78 Å². The summed E-state index contributed by atoms with van der Waals surface area (Å²) in [6.45, 7) is 3.73. The number of rotatable bonds is 5. The summed E-state index contributed by atoms with van der Waals surface area (Å²) in [6, 6.07) is 13.1. The molecule has 2 atom stereocenters. The second-order valence-corrected chi connectivity index (χ2v) is 5.81. The van der Waals surface area contributed by atoms with Crippen LogP contribution in [0.4, 0.5) is 4.39 Å². The lowest BCUT2D eigenvalue weighted by Gasteiger charge is -2.26. The van der Waals surface area contributed by atoms with Crippen molar-refractivity contribution in [3.63, 3.8) is 0 Å². The molecule has 2 unspecified atom stereocenters. The van der Waals surface area contributed by atoms with Gasteiger partial charge in [0.25, 0.3) is 5.91 Å². The molecule has 0 N–H and O–H groups in total. The molecule has 1 aliphatic heterocycles. The summed E-state index contributed by atoms with van der Waals surface area (Å²) in [4.78, 5) is 39.1. The molecular formula is C20H16FNO3. The molecule has 1 amide bonds. The zero-order valence-corrected chi connectivity index (χ0v) is 13.4. The average molecular weight is 337 g/mol. The summed E-state index contributed by atoms with van der Waals surface area (Å²) in [5, 5.41) is 0. The number of amides is 1. The van der Waals surface area contributed by atoms with Crippen LogP contribution in [0, 0.1) is 11.7 Å². The van der Waals surface area contributed by atoms with Crippen molar-refractivity contribution in [1.29, 1.82) is 0 Å². The molecule has 0 aromatic heterocycles. The highest BCUT2D eigenvalue weighted by molar-refractivity contribution is 6.44. The number of carbonyl (C=O) groups is 3. The third kappa shape index (κ3) is 3.01. The minimum Gasteiger partial charge on any atom is -0.324 e. The lowest BCUT2D eigenvalue weighted by molar-refractivity contribution is -0.140. The van der Waals surface area contributed by atoms with E-state index in [1.807, 2.05) is 0 Å². The molecule has 0 radical (unpaired) electrons. The van der Waals surface area contributed by atoms with E-state index in [0.29, 0.717) is 11.1 Å². The van der Waals surface area contributed by atoms with Crippen molar-refractivity contribution in [1.82, 2.24) is 4.90 Å². The van der Waals surface area contributed by atoms with Gasteiger partial charge in [0, 0.05) is 12.1 Å². The Morgan fingerprint density at radius 1 is 1.08 bits per heavy atom. The predicted octanol–water partition coefficient (Wildman–Crippen LogP) is 2.96. The topological polar surface area (TPSA) is 54.5 Å². The molecule has 126 valence electrons. The van der Waals surface area contributed by atoms with Gasteiger partial charge in [-0.3, -0.25) is 14.4 Å². The third-order valence-corrected chi connectivity index (χ3v) is 4.28. The van der Waals surface area contributed by atoms with Crippen molar-refractivity contribution in [2.24, 2.45) is 5.92 Å². The van der Waals surface area contributed by atoms with Crippen LogP contribution < -0.4 is 0 Å². The number of hydrogen-bond acceptors (Lipinski definition) is 3. The fourth-order valence-electron chi connectivity index (χ4n) is 3.14. The lowest BCUT2D eigenvalue weighted by Crippen LogP contribution is -2.30. The van der Waals surface area contributed by atoms with Crippen LogP contribution in [-0.2, 0) is 9.59 Å². The number of halogens is 1. The normalized spacial score (nSPS) is 20.0. The van der Waals surface area contributed by atoms with Gasteiger partial charge in [0.1, 0.15) is 11.7 Å². The number of ketones is 2. The molecule has 0 spiro atoms. The van der Waals surface area contributed by atoms with Gasteiger partial charge in [-0.25, -0.2) is 4.39 Å². The maximum absolute atomic E-state index is 13.3. The predicted molar refractivity (Wildman–Crippen MR) is 90.3 cm³/mol. The van der Waals surface area contributed by atoms with E-state index in [1.54, 1.807) is 30.3 Å². The second kappa shape index (κ2) is 6.81. The molecule has 2 aromatic rings. The lowest BCUT2D eigenvalue weighted by atomic mass is 9.86. The average Bonchev–Trinajstić information content (AvgIpc) is 2.88. The van der Waals surface area contributed by atoms with Gasteiger partial charge < -0.3 is 4.90 Å². The summed E-state index contributed by atoms with van der Waals surface area (Å²) in [6.07, 6.45) is 1.50. The van der Waals surface area contributed by atoms with Crippen molar-refractivity contribution in [3.8, 4) is 0 Å². The number of hydrogen-bond donors (Lipinski definition) is 0. The number of nitrogens with zero attached hydrogens (tertiary/aromatic N) is 1. The van der Waals surface area contributed by atoms with E-state index < -0.39 is 35.3 Å². The molecule has 1 fully saturated rings. The highest BCUT2D eigenvalue weighted by Crippen LogP contribution is 2.38. The van der Waals surface area contributed by atoms with Crippen LogP contribution in [0.2, 0.25) is 0 Å². The third-order valence-electron chi connectivity index (χ3n) is 4.28. The highest BCUT2D eigenvalue weighted by atomic mass is 19.1. The molecule has 0 bridgehead atoms. The van der Waals surface area contributed by atoms with Crippen LogP contribution in [0.15, 0.2) is 67.3 Å². The summed E-state index contributed by atoms with van der Waals surface area (Å²) >= 11 is 0. The molecule has 3 rings (SSSR count). The van der Waals surface area contributed by atoms with Gasteiger partial charge in [-0.1, -0.05) is 48.5 Å². The molecule has 0 aliphatic carbocycles. The van der Waals surface area contributed by atoms with Crippen LogP contribution in [0.3, 0.4) is 0 Å². The Morgan fingerprint density at radius 3 is 2.32 bits per heavy atom. The quantitative estimate of drug-likeness (QED) is 0.365. The van der Waals surface area contributed by atoms with Gasteiger partial charge in [-0.2, -0.15) is 0 Å². The zero-order valence-electron chi connectivity index (χ0n) is 13.4. The van der Waals surface area contributed by atoms with Crippen molar-refractivity contribution < 1.29 is 18.8 Å². The Kier molecular flexibility index (Phi) is 4.57. The van der Waals surface area contributed by atoms with E-state index in [9.17, 15) is 18.8 Å². The minimum absolute atomic E-state index is 0.130. The smallest absolute Gasteiger partial charge is 0.291 e. The molecular weight excluding hydrogens is 321 g/mol. The summed E-state index contributed by atoms with van der Waals surface area (Å²) in [5.74, 6) is -3.46. The summed E-state index contributed by atoms with van der Waals surface area (Å²) in [5.41, 5.74) is 0.901. The maximum Gasteiger partial charge on any atom is 0.291 e. The van der Waals surface area contributed by atoms with Gasteiger partial charge >= 0.3 is 0 Å². The molecule has 1 aliphatic rings. The number of benzene rings is 2. The van der Waals surface area contributed by atoms with E-state index in [4.69, 9.17) is 0 Å². The van der Waals surface area contributed by atoms with Crippen LogP contribution in [0.25, 0.3) is 0 Å². The van der Waals surface area contributed by atoms with E-state index in [0.717, 1.165) is 0 Å². The van der Waals surface area contributed by atoms with Gasteiger partial charge in [0.15, 0.2) is 5.78 Å². The first-order chi connectivity index (χ1) is 12.0. The Balaban J connectivity index is 2.08. The molecule has 5 heteroatoms. The Morgan fingerprint density at radius 2 is 1.72 bits per heavy atom. The zero-order chi connectivity index (χ0) is 18.0. The SMILES string of the molecule is C=CCN1C(=O)C(=O)C(C(=O)c2ccccc2)C1c1ccc(F)cc1. The minimum atomic E-state index is -1.15. The fraction of sp³-hybridized carbons (Fsp3) is 0.150. The largest absolute Gasteiger partial charge is 0.324 e. The molecule has 4 nitrogen and oxygen atoms in total. The highest BCUT2D eigenvalue weighted by Gasteiger charge is 2.51. The number of Topliss-reactive ketones (excluding diaryl/α,β-unsaturated/α-hetero) is 2. The van der Waals surface area contributed by atoms with Crippen molar-refractivity contribution in [2.75, 3.05) is 6.54 Å². The first-order valence-electron chi connectivity index (χ1n) is 7.85. The van der Waals surface area contributed by atoms with E-state index >= 15 is 0 Å². The molecule has 1 saturated heterocycles. The first kappa shape index (κ1) is 16.8. The first-order valence-corrected chi connectivity index (χ1v) is 7.85.